The van der Waals surface area contributed by atoms with Crippen molar-refractivity contribution in [3.8, 4) is 0 Å². The van der Waals surface area contributed by atoms with E-state index >= 15 is 0 Å². The molecule has 2 aromatic rings. The van der Waals surface area contributed by atoms with Crippen molar-refractivity contribution < 1.29 is 13.7 Å². The zero-order valence-corrected chi connectivity index (χ0v) is 10.5. The summed E-state index contributed by atoms with van der Waals surface area (Å²) >= 11 is 0. The maximum absolute atomic E-state index is 13.6. The quantitative estimate of drug-likeness (QED) is 0.672. The summed E-state index contributed by atoms with van der Waals surface area (Å²) in [6.07, 6.45) is 0.594. The first kappa shape index (κ1) is 13.9. The number of rotatable bonds is 5. The first-order valence-electron chi connectivity index (χ1n) is 5.99. The monoisotopic (exact) mass is 278 g/mol. The number of nitro groups is 1. The van der Waals surface area contributed by atoms with Gasteiger partial charge in [-0.1, -0.05) is 30.3 Å². The highest BCUT2D eigenvalue weighted by atomic mass is 19.1. The summed E-state index contributed by atoms with van der Waals surface area (Å²) in [6, 6.07) is 10.9. The minimum atomic E-state index is -0.968. The summed E-state index contributed by atoms with van der Waals surface area (Å²) in [7, 11) is 0. The van der Waals surface area contributed by atoms with Crippen molar-refractivity contribution in [3.05, 3.63) is 69.8 Å². The number of non-ortho nitro benzene ring substituents is 1. The molecule has 0 saturated carbocycles. The minimum Gasteiger partial charge on any atom is -0.380 e. The average Bonchev–Trinajstić information content (AvgIpc) is 2.42. The van der Waals surface area contributed by atoms with Gasteiger partial charge in [0.05, 0.1) is 17.1 Å². The Labute approximate surface area is 114 Å². The van der Waals surface area contributed by atoms with Crippen LogP contribution in [-0.2, 0) is 6.42 Å². The molecule has 0 radical (unpaired) electrons. The maximum atomic E-state index is 13.6. The van der Waals surface area contributed by atoms with Crippen molar-refractivity contribution >= 4 is 11.4 Å². The second-order valence-corrected chi connectivity index (χ2v) is 4.20. The molecule has 0 fully saturated rings. The molecule has 0 aromatic heterocycles. The normalized spacial score (nSPS) is 10.3. The third-order valence-corrected chi connectivity index (χ3v) is 2.80. The number of nitro benzene ring substituents is 1. The zero-order chi connectivity index (χ0) is 14.5. The van der Waals surface area contributed by atoms with E-state index in [-0.39, 0.29) is 5.69 Å². The molecule has 2 rings (SSSR count). The molecule has 0 atom stereocenters. The zero-order valence-electron chi connectivity index (χ0n) is 10.5. The van der Waals surface area contributed by atoms with Crippen LogP contribution in [0.4, 0.5) is 20.2 Å². The second-order valence-electron chi connectivity index (χ2n) is 4.20. The van der Waals surface area contributed by atoms with Crippen molar-refractivity contribution in [1.82, 2.24) is 0 Å². The number of nitrogens with one attached hydrogen (secondary N) is 1. The average molecular weight is 278 g/mol. The molecule has 0 unspecified atom stereocenters. The molecular formula is C14H12F2N2O2. The predicted octanol–water partition coefficient (Wildman–Crippen LogP) is 3.53. The molecule has 104 valence electrons. The van der Waals surface area contributed by atoms with E-state index in [1.54, 1.807) is 0 Å². The van der Waals surface area contributed by atoms with Crippen LogP contribution in [-0.4, -0.2) is 11.5 Å². The molecule has 20 heavy (non-hydrogen) atoms. The first-order valence-corrected chi connectivity index (χ1v) is 5.99. The fourth-order valence-corrected chi connectivity index (χ4v) is 1.81. The SMILES string of the molecule is O=[N+]([O-])c1cc(F)c(NCCc2ccccc2)c(F)c1. The van der Waals surface area contributed by atoms with Gasteiger partial charge in [-0.3, -0.25) is 10.1 Å². The highest BCUT2D eigenvalue weighted by molar-refractivity contribution is 5.51. The van der Waals surface area contributed by atoms with Crippen LogP contribution in [0.5, 0.6) is 0 Å². The Morgan fingerprint density at radius 3 is 2.25 bits per heavy atom. The Balaban J connectivity index is 2.05. The lowest BCUT2D eigenvalue weighted by Gasteiger charge is -2.08. The number of nitrogens with zero attached hydrogens (tertiary/aromatic N) is 1. The third-order valence-electron chi connectivity index (χ3n) is 2.80. The summed E-state index contributed by atoms with van der Waals surface area (Å²) in [4.78, 5) is 9.63. The topological polar surface area (TPSA) is 55.2 Å². The van der Waals surface area contributed by atoms with Crippen molar-refractivity contribution in [1.29, 1.82) is 0 Å². The molecule has 0 aliphatic heterocycles. The number of hydrogen-bond acceptors (Lipinski definition) is 3. The van der Waals surface area contributed by atoms with Crippen molar-refractivity contribution in [2.75, 3.05) is 11.9 Å². The molecule has 1 N–H and O–H groups in total. The van der Waals surface area contributed by atoms with Crippen molar-refractivity contribution in [2.24, 2.45) is 0 Å². The number of anilines is 1. The Bertz CT molecular complexity index is 595. The van der Waals surface area contributed by atoms with Crippen LogP contribution in [0.3, 0.4) is 0 Å². The molecule has 0 aliphatic carbocycles. The lowest BCUT2D eigenvalue weighted by atomic mass is 10.1. The van der Waals surface area contributed by atoms with Crippen LogP contribution in [0.15, 0.2) is 42.5 Å². The van der Waals surface area contributed by atoms with Crippen molar-refractivity contribution in [2.45, 2.75) is 6.42 Å². The van der Waals surface area contributed by atoms with Gasteiger partial charge in [-0.15, -0.1) is 0 Å². The highest BCUT2D eigenvalue weighted by Crippen LogP contribution is 2.24. The first-order chi connectivity index (χ1) is 9.58. The molecule has 0 spiro atoms. The van der Waals surface area contributed by atoms with E-state index in [1.165, 1.54) is 0 Å². The summed E-state index contributed by atoms with van der Waals surface area (Å²) in [5.41, 5.74) is 0.0860. The summed E-state index contributed by atoms with van der Waals surface area (Å²) in [5.74, 6) is -1.94. The fraction of sp³-hybridized carbons (Fsp3) is 0.143. The molecule has 2 aromatic carbocycles. The standard InChI is InChI=1S/C14H12F2N2O2/c15-12-8-11(18(19)20)9-13(16)14(12)17-7-6-10-4-2-1-3-5-10/h1-5,8-9,17H,6-7H2. The van der Waals surface area contributed by atoms with E-state index in [0.717, 1.165) is 5.56 Å². The van der Waals surface area contributed by atoms with Gasteiger partial charge in [-0.05, 0) is 12.0 Å². The third kappa shape index (κ3) is 3.28. The van der Waals surface area contributed by atoms with Gasteiger partial charge in [-0.2, -0.15) is 0 Å². The molecule has 0 heterocycles. The Morgan fingerprint density at radius 1 is 1.10 bits per heavy atom. The van der Waals surface area contributed by atoms with Crippen LogP contribution < -0.4 is 5.32 Å². The minimum absolute atomic E-state index is 0.329. The van der Waals surface area contributed by atoms with Gasteiger partial charge in [0.1, 0.15) is 5.69 Å². The lowest BCUT2D eigenvalue weighted by Crippen LogP contribution is -2.08. The van der Waals surface area contributed by atoms with E-state index in [2.05, 4.69) is 5.32 Å². The van der Waals surface area contributed by atoms with E-state index in [4.69, 9.17) is 0 Å². The van der Waals surface area contributed by atoms with E-state index in [1.807, 2.05) is 30.3 Å². The molecule has 4 nitrogen and oxygen atoms in total. The lowest BCUT2D eigenvalue weighted by molar-refractivity contribution is -0.385. The summed E-state index contributed by atoms with van der Waals surface area (Å²) in [6.45, 7) is 0.329. The molecule has 0 bridgehead atoms. The van der Waals surface area contributed by atoms with Gasteiger partial charge in [-0.25, -0.2) is 8.78 Å². The van der Waals surface area contributed by atoms with Gasteiger partial charge >= 0.3 is 0 Å². The Hall–Kier alpha value is -2.50. The predicted molar refractivity (Wildman–Crippen MR) is 71.6 cm³/mol. The van der Waals surface area contributed by atoms with Crippen LogP contribution >= 0.6 is 0 Å². The molecule has 0 amide bonds. The molecule has 6 heteroatoms. The van der Waals surface area contributed by atoms with E-state index in [9.17, 15) is 18.9 Å². The molecule has 0 aliphatic rings. The van der Waals surface area contributed by atoms with Gasteiger partial charge in [0, 0.05) is 6.54 Å². The van der Waals surface area contributed by atoms with E-state index < -0.39 is 22.2 Å². The van der Waals surface area contributed by atoms with Gasteiger partial charge in [0.25, 0.3) is 5.69 Å². The fourth-order valence-electron chi connectivity index (χ4n) is 1.81. The van der Waals surface area contributed by atoms with Crippen LogP contribution in [0.2, 0.25) is 0 Å². The Kier molecular flexibility index (Phi) is 4.24. The van der Waals surface area contributed by atoms with E-state index in [0.29, 0.717) is 25.1 Å². The largest absolute Gasteiger partial charge is 0.380 e. The molecule has 0 saturated heterocycles. The maximum Gasteiger partial charge on any atom is 0.275 e. The number of halogens is 2. The molecular weight excluding hydrogens is 266 g/mol. The smallest absolute Gasteiger partial charge is 0.275 e. The van der Waals surface area contributed by atoms with Gasteiger partial charge in [0.15, 0.2) is 11.6 Å². The van der Waals surface area contributed by atoms with Crippen LogP contribution in [0.1, 0.15) is 5.56 Å². The van der Waals surface area contributed by atoms with Gasteiger partial charge in [0.2, 0.25) is 0 Å². The summed E-state index contributed by atoms with van der Waals surface area (Å²) in [5, 5.41) is 13.1. The Morgan fingerprint density at radius 2 is 1.70 bits per heavy atom. The number of benzene rings is 2. The summed E-state index contributed by atoms with van der Waals surface area (Å²) < 4.78 is 27.2. The second kappa shape index (κ2) is 6.10. The number of hydrogen-bond donors (Lipinski definition) is 1. The highest BCUT2D eigenvalue weighted by Gasteiger charge is 2.16. The van der Waals surface area contributed by atoms with Crippen LogP contribution in [0.25, 0.3) is 0 Å². The van der Waals surface area contributed by atoms with Gasteiger partial charge < -0.3 is 5.32 Å². The van der Waals surface area contributed by atoms with Crippen LogP contribution in [0, 0.1) is 21.7 Å². The van der Waals surface area contributed by atoms with Crippen molar-refractivity contribution in [3.63, 3.8) is 0 Å².